The van der Waals surface area contributed by atoms with Crippen molar-refractivity contribution in [1.29, 1.82) is 0 Å². The van der Waals surface area contributed by atoms with Crippen LogP contribution in [0.1, 0.15) is 91.4 Å². The molecule has 1 rings (SSSR count). The molecule has 1 unspecified atom stereocenters. The molecular weight excluding hydrogens is 356 g/mol. The molecule has 0 aliphatic carbocycles. The van der Waals surface area contributed by atoms with Crippen molar-refractivity contribution in [2.75, 3.05) is 13.2 Å². The van der Waals surface area contributed by atoms with Crippen LogP contribution in [0.2, 0.25) is 0 Å². The molecule has 1 fully saturated rings. The molecule has 0 aromatic heterocycles. The van der Waals surface area contributed by atoms with Gasteiger partial charge in [0.2, 0.25) is 0 Å². The normalized spacial score (nSPS) is 16.8. The van der Waals surface area contributed by atoms with Gasteiger partial charge in [-0.15, -0.1) is 0 Å². The second kappa shape index (κ2) is 15.3. The average Bonchev–Trinajstić information content (AvgIpc) is 3.52. The fraction of sp³-hybridized carbons (Fsp3) is 0.739. The van der Waals surface area contributed by atoms with Crippen LogP contribution in [0, 0.1) is 0 Å². The maximum atomic E-state index is 12.0. The van der Waals surface area contributed by atoms with E-state index >= 15 is 0 Å². The lowest BCUT2D eigenvalue weighted by molar-refractivity contribution is -0.139. The highest BCUT2D eigenvalue weighted by molar-refractivity contribution is 5.90. The van der Waals surface area contributed by atoms with Crippen LogP contribution in [0.25, 0.3) is 0 Å². The molecule has 0 N–H and O–H groups in total. The van der Waals surface area contributed by atoms with Crippen molar-refractivity contribution in [2.24, 2.45) is 0 Å². The average molecular weight is 395 g/mol. The molecular formula is C23H38O5. The van der Waals surface area contributed by atoms with Gasteiger partial charge in [-0.1, -0.05) is 70.8 Å². The third-order valence-electron chi connectivity index (χ3n) is 4.80. The van der Waals surface area contributed by atoms with Gasteiger partial charge in [0.15, 0.2) is 0 Å². The summed E-state index contributed by atoms with van der Waals surface area (Å²) in [5.74, 6) is -0.917. The molecule has 0 saturated carbocycles. The molecule has 0 aromatic rings. The Morgan fingerprint density at radius 3 is 2.04 bits per heavy atom. The van der Waals surface area contributed by atoms with E-state index in [2.05, 4.69) is 6.92 Å². The Hall–Kier alpha value is -1.62. The Kier molecular flexibility index (Phi) is 13.4. The maximum absolute atomic E-state index is 12.0. The first kappa shape index (κ1) is 24.4. The number of ether oxygens (including phenoxy) is 3. The molecule has 1 atom stereocenters. The van der Waals surface area contributed by atoms with Gasteiger partial charge in [-0.3, -0.25) is 0 Å². The van der Waals surface area contributed by atoms with E-state index in [4.69, 9.17) is 14.2 Å². The van der Waals surface area contributed by atoms with Crippen LogP contribution in [0.5, 0.6) is 0 Å². The van der Waals surface area contributed by atoms with E-state index in [-0.39, 0.29) is 18.3 Å². The maximum Gasteiger partial charge on any atom is 0.338 e. The van der Waals surface area contributed by atoms with Crippen LogP contribution < -0.4 is 0 Å². The SMILES string of the molecule is CCCCCCCCCCCC/C=C(\C)C(=O)O/C=C(\C)C(=O)OCC1CO1. The minimum Gasteiger partial charge on any atom is -0.459 e. The number of allylic oxidation sites excluding steroid dienone is 1. The van der Waals surface area contributed by atoms with E-state index in [1.807, 2.05) is 6.08 Å². The van der Waals surface area contributed by atoms with Gasteiger partial charge >= 0.3 is 11.9 Å². The standard InChI is InChI=1S/C23H38O5/c1-4-5-6-7-8-9-10-11-12-13-14-15-19(2)22(24)27-16-20(3)23(25)28-18-21-17-26-21/h15-16,21H,4-14,17-18H2,1-3H3/b19-15+,20-16+. The number of epoxide rings is 1. The van der Waals surface area contributed by atoms with Gasteiger partial charge in [-0.05, 0) is 26.7 Å². The van der Waals surface area contributed by atoms with Crippen LogP contribution in [-0.4, -0.2) is 31.3 Å². The molecule has 0 bridgehead atoms. The molecule has 0 amide bonds. The Labute approximate surface area is 170 Å². The summed E-state index contributed by atoms with van der Waals surface area (Å²) in [5.41, 5.74) is 0.830. The second-order valence-corrected chi connectivity index (χ2v) is 7.62. The van der Waals surface area contributed by atoms with Crippen LogP contribution >= 0.6 is 0 Å². The number of carbonyl (C=O) groups excluding carboxylic acids is 2. The summed E-state index contributed by atoms with van der Waals surface area (Å²) in [5, 5.41) is 0. The first-order valence-corrected chi connectivity index (χ1v) is 10.9. The molecule has 0 spiro atoms. The molecule has 1 aliphatic heterocycles. The van der Waals surface area contributed by atoms with Crippen LogP contribution in [-0.2, 0) is 23.8 Å². The highest BCUT2D eigenvalue weighted by Gasteiger charge is 2.24. The van der Waals surface area contributed by atoms with E-state index in [1.54, 1.807) is 13.8 Å². The Morgan fingerprint density at radius 2 is 1.46 bits per heavy atom. The summed E-state index contributed by atoms with van der Waals surface area (Å²) in [6.45, 7) is 6.43. The third-order valence-corrected chi connectivity index (χ3v) is 4.80. The molecule has 1 saturated heterocycles. The summed E-state index contributed by atoms with van der Waals surface area (Å²) < 4.78 is 15.1. The van der Waals surface area contributed by atoms with Crippen molar-refractivity contribution in [2.45, 2.75) is 97.5 Å². The zero-order chi connectivity index (χ0) is 20.6. The smallest absolute Gasteiger partial charge is 0.338 e. The molecule has 5 heteroatoms. The Bertz CT molecular complexity index is 517. The lowest BCUT2D eigenvalue weighted by atomic mass is 10.1. The monoisotopic (exact) mass is 394 g/mol. The number of carbonyl (C=O) groups is 2. The van der Waals surface area contributed by atoms with E-state index in [1.165, 1.54) is 57.8 Å². The molecule has 28 heavy (non-hydrogen) atoms. The van der Waals surface area contributed by atoms with Gasteiger partial charge in [0.25, 0.3) is 0 Å². The summed E-state index contributed by atoms with van der Waals surface area (Å²) in [7, 11) is 0. The highest BCUT2D eigenvalue weighted by atomic mass is 16.6. The van der Waals surface area contributed by atoms with Crippen molar-refractivity contribution in [1.82, 2.24) is 0 Å². The highest BCUT2D eigenvalue weighted by Crippen LogP contribution is 2.13. The number of unbranched alkanes of at least 4 members (excludes halogenated alkanes) is 10. The number of hydrogen-bond donors (Lipinski definition) is 0. The molecule has 160 valence electrons. The number of rotatable bonds is 16. The van der Waals surface area contributed by atoms with Crippen LogP contribution in [0.3, 0.4) is 0 Å². The molecule has 1 aliphatic rings. The molecule has 1 heterocycles. The number of hydrogen-bond acceptors (Lipinski definition) is 5. The van der Waals surface area contributed by atoms with Crippen molar-refractivity contribution in [3.8, 4) is 0 Å². The molecule has 0 aromatic carbocycles. The fourth-order valence-electron chi connectivity index (χ4n) is 2.76. The van der Waals surface area contributed by atoms with E-state index in [0.29, 0.717) is 12.2 Å². The van der Waals surface area contributed by atoms with Gasteiger partial charge in [-0.2, -0.15) is 0 Å². The van der Waals surface area contributed by atoms with E-state index in [0.717, 1.165) is 19.1 Å². The predicted molar refractivity (Wildman–Crippen MR) is 111 cm³/mol. The predicted octanol–water partition coefficient (Wildman–Crippen LogP) is 5.63. The molecule has 5 nitrogen and oxygen atoms in total. The fourth-order valence-corrected chi connectivity index (χ4v) is 2.76. The first-order chi connectivity index (χ1) is 13.5. The minimum absolute atomic E-state index is 0.0234. The van der Waals surface area contributed by atoms with Gasteiger partial charge in [0, 0.05) is 5.57 Å². The van der Waals surface area contributed by atoms with Crippen molar-refractivity contribution in [3.05, 3.63) is 23.5 Å². The summed E-state index contributed by atoms with van der Waals surface area (Å²) in [6, 6.07) is 0. The second-order valence-electron chi connectivity index (χ2n) is 7.62. The van der Waals surface area contributed by atoms with E-state index < -0.39 is 11.9 Å². The third kappa shape index (κ3) is 12.7. The van der Waals surface area contributed by atoms with Crippen molar-refractivity contribution >= 4 is 11.9 Å². The van der Waals surface area contributed by atoms with Crippen LogP contribution in [0.15, 0.2) is 23.5 Å². The molecule has 0 radical (unpaired) electrons. The largest absolute Gasteiger partial charge is 0.459 e. The lowest BCUT2D eigenvalue weighted by Gasteiger charge is -2.04. The zero-order valence-corrected chi connectivity index (χ0v) is 18.0. The summed E-state index contributed by atoms with van der Waals surface area (Å²) in [4.78, 5) is 23.6. The minimum atomic E-state index is -0.490. The van der Waals surface area contributed by atoms with Gasteiger partial charge < -0.3 is 14.2 Å². The topological polar surface area (TPSA) is 65.1 Å². The Balaban J connectivity index is 2.06. The summed E-state index contributed by atoms with van der Waals surface area (Å²) in [6.07, 6.45) is 17.0. The Morgan fingerprint density at radius 1 is 0.893 bits per heavy atom. The van der Waals surface area contributed by atoms with Gasteiger partial charge in [-0.25, -0.2) is 9.59 Å². The van der Waals surface area contributed by atoms with Crippen LogP contribution in [0.4, 0.5) is 0 Å². The number of esters is 2. The van der Waals surface area contributed by atoms with Gasteiger partial charge in [0.1, 0.15) is 19.0 Å². The lowest BCUT2D eigenvalue weighted by Crippen LogP contribution is -2.11. The van der Waals surface area contributed by atoms with Crippen molar-refractivity contribution < 1.29 is 23.8 Å². The quantitative estimate of drug-likeness (QED) is 0.112. The van der Waals surface area contributed by atoms with Crippen molar-refractivity contribution in [3.63, 3.8) is 0 Å². The first-order valence-electron chi connectivity index (χ1n) is 10.9. The summed E-state index contributed by atoms with van der Waals surface area (Å²) >= 11 is 0. The van der Waals surface area contributed by atoms with Gasteiger partial charge in [0.05, 0.1) is 12.2 Å². The van der Waals surface area contributed by atoms with E-state index in [9.17, 15) is 9.59 Å². The zero-order valence-electron chi connectivity index (χ0n) is 18.0.